The summed E-state index contributed by atoms with van der Waals surface area (Å²) in [5.41, 5.74) is 4.68. The van der Waals surface area contributed by atoms with Gasteiger partial charge in [-0.05, 0) is 43.9 Å². The Hall–Kier alpha value is -3.39. The number of hydrogen-bond acceptors (Lipinski definition) is 6. The maximum atomic E-state index is 12.9. The Morgan fingerprint density at radius 2 is 1.83 bits per heavy atom. The second-order valence-electron chi connectivity index (χ2n) is 9.32. The second-order valence-corrected chi connectivity index (χ2v) is 11.6. The highest BCUT2D eigenvalue weighted by Gasteiger charge is 2.32. The number of aryl methyl sites for hydroxylation is 2. The van der Waals surface area contributed by atoms with Gasteiger partial charge in [0, 0.05) is 47.0 Å². The Labute approximate surface area is 203 Å². The molecule has 0 aliphatic carbocycles. The smallest absolute Gasteiger partial charge is 0.339 e. The lowest BCUT2D eigenvalue weighted by atomic mass is 9.96. The highest BCUT2D eigenvalue weighted by Crippen LogP contribution is 2.37. The van der Waals surface area contributed by atoms with E-state index in [1.165, 1.54) is 4.90 Å². The molecule has 182 valence electrons. The number of sulfone groups is 1. The highest BCUT2D eigenvalue weighted by molar-refractivity contribution is 7.91. The number of hydrogen-bond donors (Lipinski definition) is 0. The number of amides is 1. The summed E-state index contributed by atoms with van der Waals surface area (Å²) in [7, 11) is -1.45. The molecule has 1 amide bonds. The van der Waals surface area contributed by atoms with Gasteiger partial charge in [-0.2, -0.15) is 0 Å². The molecule has 0 spiro atoms. The van der Waals surface area contributed by atoms with Crippen LogP contribution in [-0.2, 0) is 21.1 Å². The normalized spacial score (nSPS) is 17.3. The van der Waals surface area contributed by atoms with E-state index in [-0.39, 0.29) is 36.3 Å². The molecule has 3 heterocycles. The maximum Gasteiger partial charge on any atom is 0.339 e. The average Bonchev–Trinajstić information content (AvgIpc) is 3.43. The zero-order chi connectivity index (χ0) is 24.9. The molecule has 1 aliphatic heterocycles. The van der Waals surface area contributed by atoms with Gasteiger partial charge >= 0.3 is 5.63 Å². The van der Waals surface area contributed by atoms with Gasteiger partial charge in [0.2, 0.25) is 5.91 Å². The number of furan rings is 1. The van der Waals surface area contributed by atoms with Crippen LogP contribution in [0.4, 0.5) is 0 Å². The van der Waals surface area contributed by atoms with Gasteiger partial charge in [-0.25, -0.2) is 13.2 Å². The molecule has 7 nitrogen and oxygen atoms in total. The predicted molar refractivity (Wildman–Crippen MR) is 135 cm³/mol. The van der Waals surface area contributed by atoms with Crippen LogP contribution < -0.4 is 5.63 Å². The Balaban J connectivity index is 1.49. The van der Waals surface area contributed by atoms with Crippen molar-refractivity contribution in [3.63, 3.8) is 0 Å². The number of carbonyl (C=O) groups excluding carboxylic acids is 1. The van der Waals surface area contributed by atoms with Crippen molar-refractivity contribution < 1.29 is 22.0 Å². The first-order valence-electron chi connectivity index (χ1n) is 11.6. The van der Waals surface area contributed by atoms with Crippen molar-refractivity contribution >= 4 is 37.7 Å². The van der Waals surface area contributed by atoms with Crippen LogP contribution >= 0.6 is 0 Å². The molecule has 1 fully saturated rings. The Bertz CT molecular complexity index is 1610. The third-order valence-corrected chi connectivity index (χ3v) is 8.92. The summed E-state index contributed by atoms with van der Waals surface area (Å²) in [5.74, 6) is -0.0789. The van der Waals surface area contributed by atoms with Gasteiger partial charge < -0.3 is 13.7 Å². The van der Waals surface area contributed by atoms with Crippen molar-refractivity contribution in [2.75, 3.05) is 18.6 Å². The quantitative estimate of drug-likeness (QED) is 0.382. The summed E-state index contributed by atoms with van der Waals surface area (Å²) in [6.45, 7) is 3.75. The minimum atomic E-state index is -3.09. The van der Waals surface area contributed by atoms with E-state index in [1.807, 2.05) is 50.2 Å². The number of carbonyl (C=O) groups is 1. The third kappa shape index (κ3) is 4.16. The molecule has 0 saturated carbocycles. The monoisotopic (exact) mass is 493 g/mol. The van der Waals surface area contributed by atoms with E-state index in [0.29, 0.717) is 23.2 Å². The first-order chi connectivity index (χ1) is 16.7. The minimum absolute atomic E-state index is 0.00386. The SMILES string of the molecule is Cc1c(CCC(=O)N(C)[C@@H]2CCS(=O)(=O)C2)c(=O)oc2c(C)c3occ(-c4ccccc4)c3cc12. The summed E-state index contributed by atoms with van der Waals surface area (Å²) in [6.07, 6.45) is 2.50. The van der Waals surface area contributed by atoms with E-state index in [9.17, 15) is 18.0 Å². The fourth-order valence-corrected chi connectivity index (χ4v) is 6.79. The van der Waals surface area contributed by atoms with Crippen molar-refractivity contribution in [1.82, 2.24) is 4.90 Å². The van der Waals surface area contributed by atoms with E-state index < -0.39 is 15.5 Å². The molecule has 35 heavy (non-hydrogen) atoms. The molecule has 2 aromatic heterocycles. The van der Waals surface area contributed by atoms with Gasteiger partial charge in [-0.3, -0.25) is 4.79 Å². The molecule has 5 rings (SSSR count). The molecule has 4 aromatic rings. The molecule has 8 heteroatoms. The summed E-state index contributed by atoms with van der Waals surface area (Å²) in [6, 6.07) is 11.6. The topological polar surface area (TPSA) is 97.8 Å². The van der Waals surface area contributed by atoms with Crippen molar-refractivity contribution in [1.29, 1.82) is 0 Å². The van der Waals surface area contributed by atoms with Crippen LogP contribution in [0.25, 0.3) is 33.1 Å². The van der Waals surface area contributed by atoms with Crippen molar-refractivity contribution in [2.24, 2.45) is 0 Å². The molecule has 1 saturated heterocycles. The first kappa shape index (κ1) is 23.4. The second kappa shape index (κ2) is 8.68. The number of benzene rings is 2. The lowest BCUT2D eigenvalue weighted by Crippen LogP contribution is -2.38. The standard InChI is InChI=1S/C27H27NO6S/c1-16-20(9-10-24(29)28(3)19-11-12-35(31,32)15-19)27(30)34-26-17(2)25-22(13-21(16)26)23(14-33-25)18-7-5-4-6-8-18/h4-8,13-14,19H,9-12,15H2,1-3H3/t19-/m1/s1. The molecular weight excluding hydrogens is 466 g/mol. The van der Waals surface area contributed by atoms with Gasteiger partial charge in [0.1, 0.15) is 11.2 Å². The number of rotatable bonds is 5. The van der Waals surface area contributed by atoms with Crippen LogP contribution in [0.1, 0.15) is 29.5 Å². The van der Waals surface area contributed by atoms with Gasteiger partial charge in [-0.1, -0.05) is 30.3 Å². The lowest BCUT2D eigenvalue weighted by molar-refractivity contribution is -0.131. The van der Waals surface area contributed by atoms with Gasteiger partial charge in [0.15, 0.2) is 9.84 Å². The van der Waals surface area contributed by atoms with E-state index in [0.717, 1.165) is 33.0 Å². The minimum Gasteiger partial charge on any atom is -0.463 e. The summed E-state index contributed by atoms with van der Waals surface area (Å²) >= 11 is 0. The van der Waals surface area contributed by atoms with E-state index in [1.54, 1.807) is 13.3 Å². The fraction of sp³-hybridized carbons (Fsp3) is 0.333. The zero-order valence-corrected chi connectivity index (χ0v) is 20.8. The molecular formula is C27H27NO6S. The van der Waals surface area contributed by atoms with E-state index >= 15 is 0 Å². The van der Waals surface area contributed by atoms with E-state index in [4.69, 9.17) is 8.83 Å². The van der Waals surface area contributed by atoms with Crippen LogP contribution in [0.5, 0.6) is 0 Å². The Kier molecular flexibility index (Phi) is 5.79. The zero-order valence-electron chi connectivity index (χ0n) is 20.0. The Morgan fingerprint density at radius 3 is 2.51 bits per heavy atom. The molecule has 2 aromatic carbocycles. The molecule has 1 atom stereocenters. The van der Waals surface area contributed by atoms with Crippen LogP contribution in [0.3, 0.4) is 0 Å². The van der Waals surface area contributed by atoms with Crippen molar-refractivity contribution in [2.45, 2.75) is 39.2 Å². The molecule has 0 N–H and O–H groups in total. The average molecular weight is 494 g/mol. The molecule has 0 radical (unpaired) electrons. The van der Waals surface area contributed by atoms with Crippen LogP contribution in [-0.4, -0.2) is 43.8 Å². The molecule has 1 aliphatic rings. The highest BCUT2D eigenvalue weighted by atomic mass is 32.2. The Morgan fingerprint density at radius 1 is 1.09 bits per heavy atom. The van der Waals surface area contributed by atoms with E-state index in [2.05, 4.69) is 0 Å². The number of nitrogens with zero attached hydrogens (tertiary/aromatic N) is 1. The van der Waals surface area contributed by atoms with Gasteiger partial charge in [-0.15, -0.1) is 0 Å². The maximum absolute atomic E-state index is 12.9. The molecule has 0 bridgehead atoms. The van der Waals surface area contributed by atoms with Crippen molar-refractivity contribution in [3.05, 3.63) is 69.8 Å². The number of fused-ring (bicyclic) bond motifs is 2. The lowest BCUT2D eigenvalue weighted by Gasteiger charge is -2.23. The van der Waals surface area contributed by atoms with Gasteiger partial charge in [0.25, 0.3) is 0 Å². The van der Waals surface area contributed by atoms with Gasteiger partial charge in [0.05, 0.1) is 17.8 Å². The molecule has 0 unspecified atom stereocenters. The summed E-state index contributed by atoms with van der Waals surface area (Å²) < 4.78 is 35.2. The predicted octanol–water partition coefficient (Wildman–Crippen LogP) is 4.40. The van der Waals surface area contributed by atoms with Crippen LogP contribution in [0.2, 0.25) is 0 Å². The largest absolute Gasteiger partial charge is 0.463 e. The van der Waals surface area contributed by atoms with Crippen LogP contribution in [0, 0.1) is 13.8 Å². The third-order valence-electron chi connectivity index (χ3n) is 7.16. The summed E-state index contributed by atoms with van der Waals surface area (Å²) in [5, 5.41) is 1.74. The fourth-order valence-electron chi connectivity index (χ4n) is 5.02. The summed E-state index contributed by atoms with van der Waals surface area (Å²) in [4.78, 5) is 27.2. The first-order valence-corrected chi connectivity index (χ1v) is 13.5. The van der Waals surface area contributed by atoms with Crippen LogP contribution in [0.15, 0.2) is 56.3 Å². The van der Waals surface area contributed by atoms with Crippen molar-refractivity contribution in [3.8, 4) is 11.1 Å².